The van der Waals surface area contributed by atoms with Gasteiger partial charge in [0.2, 0.25) is 0 Å². The van der Waals surface area contributed by atoms with Gasteiger partial charge in [-0.25, -0.2) is 14.6 Å². The van der Waals surface area contributed by atoms with Gasteiger partial charge in [0.1, 0.15) is 10.6 Å². The number of aryl methyl sites for hydroxylation is 2. The molecule has 7 nitrogen and oxygen atoms in total. The van der Waals surface area contributed by atoms with Crippen molar-refractivity contribution >= 4 is 56.7 Å². The van der Waals surface area contributed by atoms with Gasteiger partial charge in [-0.15, -0.1) is 11.3 Å². The van der Waals surface area contributed by atoms with Crippen LogP contribution in [0.3, 0.4) is 0 Å². The summed E-state index contributed by atoms with van der Waals surface area (Å²) in [5.74, 6) is -1.66. The van der Waals surface area contributed by atoms with Gasteiger partial charge in [-0.1, -0.05) is 78.4 Å². The number of nitrogens with one attached hydrogen (secondary N) is 1. The van der Waals surface area contributed by atoms with E-state index in [2.05, 4.69) is 11.4 Å². The molecule has 1 aliphatic carbocycles. The third-order valence-electron chi connectivity index (χ3n) is 8.01. The molecule has 46 heavy (non-hydrogen) atoms. The Kier molecular flexibility index (Phi) is 9.08. The number of para-hydroxylation sites is 1. The van der Waals surface area contributed by atoms with Gasteiger partial charge in [-0.05, 0) is 74.4 Å². The first-order valence-corrected chi connectivity index (χ1v) is 16.2. The SMILES string of the molecule is CCOC(=O)c1c(NC(=O)COC(=O)c2c3c(nc4ccccc24)/C(=C\c2ccccc2)CCC3)sc(C)c1-c1ccc(C)cc1. The van der Waals surface area contributed by atoms with Gasteiger partial charge >= 0.3 is 11.9 Å². The second-order valence-corrected chi connectivity index (χ2v) is 12.4. The maximum atomic E-state index is 13.8. The molecule has 1 N–H and O–H groups in total. The van der Waals surface area contributed by atoms with Crippen molar-refractivity contribution in [1.82, 2.24) is 4.98 Å². The zero-order chi connectivity index (χ0) is 32.2. The number of hydrogen-bond acceptors (Lipinski definition) is 7. The molecule has 1 amide bonds. The first kappa shape index (κ1) is 30.9. The highest BCUT2D eigenvalue weighted by atomic mass is 32.1. The van der Waals surface area contributed by atoms with Crippen LogP contribution in [0.2, 0.25) is 0 Å². The van der Waals surface area contributed by atoms with E-state index in [9.17, 15) is 14.4 Å². The molecule has 0 atom stereocenters. The zero-order valence-electron chi connectivity index (χ0n) is 26.0. The average molecular weight is 631 g/mol. The number of fused-ring (bicyclic) bond motifs is 2. The number of allylic oxidation sites excluding steroid dienone is 1. The first-order valence-electron chi connectivity index (χ1n) is 15.4. The minimum atomic E-state index is -0.584. The molecule has 2 aromatic heterocycles. The number of amides is 1. The number of thiophene rings is 1. The van der Waals surface area contributed by atoms with Crippen LogP contribution in [0, 0.1) is 13.8 Å². The number of ether oxygens (including phenoxy) is 2. The third kappa shape index (κ3) is 6.34. The molecule has 3 aromatic carbocycles. The summed E-state index contributed by atoms with van der Waals surface area (Å²) < 4.78 is 11.0. The maximum absolute atomic E-state index is 13.8. The van der Waals surface area contributed by atoms with Gasteiger partial charge in [0.05, 0.1) is 23.4 Å². The van der Waals surface area contributed by atoms with Crippen molar-refractivity contribution in [2.75, 3.05) is 18.5 Å². The minimum Gasteiger partial charge on any atom is -0.462 e. The Balaban J connectivity index is 1.28. The maximum Gasteiger partial charge on any atom is 0.341 e. The molecule has 0 saturated carbocycles. The van der Waals surface area contributed by atoms with Crippen LogP contribution in [0.5, 0.6) is 0 Å². The number of rotatable bonds is 8. The van der Waals surface area contributed by atoms with E-state index >= 15 is 0 Å². The average Bonchev–Trinajstić information content (AvgIpc) is 3.38. The number of pyridine rings is 1. The van der Waals surface area contributed by atoms with Crippen LogP contribution in [0.15, 0.2) is 78.9 Å². The number of aromatic nitrogens is 1. The molecule has 1 aliphatic rings. The Morgan fingerprint density at radius 1 is 0.870 bits per heavy atom. The molecule has 0 radical (unpaired) electrons. The second-order valence-electron chi connectivity index (χ2n) is 11.2. The van der Waals surface area contributed by atoms with E-state index in [1.54, 1.807) is 6.92 Å². The lowest BCUT2D eigenvalue weighted by Crippen LogP contribution is -2.23. The van der Waals surface area contributed by atoms with E-state index in [0.717, 1.165) is 51.2 Å². The molecule has 2 heterocycles. The monoisotopic (exact) mass is 630 g/mol. The van der Waals surface area contributed by atoms with E-state index in [1.807, 2.05) is 92.7 Å². The fourth-order valence-corrected chi connectivity index (χ4v) is 7.00. The Labute approximate surface area is 271 Å². The van der Waals surface area contributed by atoms with E-state index in [1.165, 1.54) is 11.3 Å². The summed E-state index contributed by atoms with van der Waals surface area (Å²) in [4.78, 5) is 45.9. The van der Waals surface area contributed by atoms with Crippen LogP contribution in [0.1, 0.15) is 67.7 Å². The summed E-state index contributed by atoms with van der Waals surface area (Å²) >= 11 is 1.29. The highest BCUT2D eigenvalue weighted by molar-refractivity contribution is 7.17. The Hall–Kier alpha value is -5.08. The zero-order valence-corrected chi connectivity index (χ0v) is 26.8. The van der Waals surface area contributed by atoms with E-state index in [-0.39, 0.29) is 6.61 Å². The predicted octanol–water partition coefficient (Wildman–Crippen LogP) is 8.43. The number of anilines is 1. The van der Waals surface area contributed by atoms with Crippen molar-refractivity contribution in [3.05, 3.63) is 117 Å². The van der Waals surface area contributed by atoms with Crippen LogP contribution in [0.4, 0.5) is 5.00 Å². The summed E-state index contributed by atoms with van der Waals surface area (Å²) in [6.07, 6.45) is 4.51. The summed E-state index contributed by atoms with van der Waals surface area (Å²) in [5.41, 5.74) is 7.83. The van der Waals surface area contributed by atoms with Crippen molar-refractivity contribution in [2.24, 2.45) is 0 Å². The number of carbonyl (C=O) groups is 3. The van der Waals surface area contributed by atoms with Crippen molar-refractivity contribution < 1.29 is 23.9 Å². The Morgan fingerprint density at radius 3 is 2.35 bits per heavy atom. The highest BCUT2D eigenvalue weighted by Gasteiger charge is 2.28. The Bertz CT molecular complexity index is 1980. The summed E-state index contributed by atoms with van der Waals surface area (Å²) in [5, 5.41) is 3.86. The van der Waals surface area contributed by atoms with Crippen molar-refractivity contribution in [3.8, 4) is 11.1 Å². The molecule has 232 valence electrons. The van der Waals surface area contributed by atoms with E-state index < -0.39 is 24.5 Å². The molecular formula is C38H34N2O5S. The fraction of sp³-hybridized carbons (Fsp3) is 0.211. The van der Waals surface area contributed by atoms with Crippen LogP contribution < -0.4 is 5.32 Å². The van der Waals surface area contributed by atoms with Gasteiger partial charge in [0.15, 0.2) is 6.61 Å². The highest BCUT2D eigenvalue weighted by Crippen LogP contribution is 2.41. The smallest absolute Gasteiger partial charge is 0.341 e. The van der Waals surface area contributed by atoms with Gasteiger partial charge in [0, 0.05) is 15.8 Å². The molecule has 0 aliphatic heterocycles. The molecule has 6 rings (SSSR count). The molecule has 0 unspecified atom stereocenters. The van der Waals surface area contributed by atoms with Gasteiger partial charge in [0.25, 0.3) is 5.91 Å². The fourth-order valence-electron chi connectivity index (χ4n) is 5.92. The molecular weight excluding hydrogens is 596 g/mol. The van der Waals surface area contributed by atoms with Gasteiger partial charge in [-0.2, -0.15) is 0 Å². The van der Waals surface area contributed by atoms with Crippen LogP contribution in [0.25, 0.3) is 33.7 Å². The number of benzene rings is 3. The lowest BCUT2D eigenvalue weighted by molar-refractivity contribution is -0.119. The predicted molar refractivity (Wildman–Crippen MR) is 183 cm³/mol. The molecule has 0 saturated heterocycles. The largest absolute Gasteiger partial charge is 0.462 e. The molecule has 0 bridgehead atoms. The lowest BCUT2D eigenvalue weighted by atomic mass is 9.86. The topological polar surface area (TPSA) is 94.6 Å². The number of hydrogen-bond donors (Lipinski definition) is 1. The van der Waals surface area contributed by atoms with Crippen LogP contribution >= 0.6 is 11.3 Å². The van der Waals surface area contributed by atoms with Crippen LogP contribution in [-0.2, 0) is 20.7 Å². The quantitative estimate of drug-likeness (QED) is 0.173. The number of nitrogens with zero attached hydrogens (tertiary/aromatic N) is 1. The lowest BCUT2D eigenvalue weighted by Gasteiger charge is -2.22. The Morgan fingerprint density at radius 2 is 1.59 bits per heavy atom. The first-order chi connectivity index (χ1) is 22.3. The van der Waals surface area contributed by atoms with E-state index in [0.29, 0.717) is 39.0 Å². The number of esters is 2. The summed E-state index contributed by atoms with van der Waals surface area (Å²) in [7, 11) is 0. The van der Waals surface area contributed by atoms with E-state index in [4.69, 9.17) is 14.5 Å². The molecule has 0 fully saturated rings. The van der Waals surface area contributed by atoms with Gasteiger partial charge in [-0.3, -0.25) is 4.79 Å². The standard InChI is InChI=1S/C38H34N2O5S/c1-4-44-38(43)34-32(26-19-17-23(2)18-20-26)24(3)46-36(34)40-31(41)22-45-37(42)33-28-14-8-9-16-30(28)39-35-27(13-10-15-29(33)35)21-25-11-6-5-7-12-25/h5-9,11-12,14,16-21H,4,10,13,15,22H2,1-3H3,(H,40,41)/b27-21-. The summed E-state index contributed by atoms with van der Waals surface area (Å²) in [6, 6.07) is 25.4. The molecule has 5 aromatic rings. The van der Waals surface area contributed by atoms with Crippen molar-refractivity contribution in [2.45, 2.75) is 40.0 Å². The molecule has 0 spiro atoms. The summed E-state index contributed by atoms with van der Waals surface area (Å²) in [6.45, 7) is 5.31. The normalized spacial score (nSPS) is 13.3. The van der Waals surface area contributed by atoms with Crippen molar-refractivity contribution in [1.29, 1.82) is 0 Å². The third-order valence-corrected chi connectivity index (χ3v) is 9.03. The van der Waals surface area contributed by atoms with Crippen molar-refractivity contribution in [3.63, 3.8) is 0 Å². The molecule has 8 heteroatoms. The minimum absolute atomic E-state index is 0.193. The second kappa shape index (κ2) is 13.5. The van der Waals surface area contributed by atoms with Gasteiger partial charge < -0.3 is 14.8 Å². The van der Waals surface area contributed by atoms with Crippen LogP contribution in [-0.4, -0.2) is 36.0 Å². The number of carbonyl (C=O) groups excluding carboxylic acids is 3.